The summed E-state index contributed by atoms with van der Waals surface area (Å²) in [5.74, 6) is -2.11. The maximum absolute atomic E-state index is 12.4. The number of halogens is 1. The van der Waals surface area contributed by atoms with Crippen LogP contribution in [0.15, 0.2) is 17.1 Å². The van der Waals surface area contributed by atoms with Crippen molar-refractivity contribution in [3.05, 3.63) is 22.6 Å². The summed E-state index contributed by atoms with van der Waals surface area (Å²) in [6, 6.07) is -0.938. The van der Waals surface area contributed by atoms with Crippen LogP contribution in [0, 0.1) is 12.8 Å². The summed E-state index contributed by atoms with van der Waals surface area (Å²) in [6.45, 7) is 3.39. The molecule has 0 spiro atoms. The minimum atomic E-state index is -1.16. The van der Waals surface area contributed by atoms with E-state index in [0.29, 0.717) is 17.0 Å². The number of imidazole rings is 1. The lowest BCUT2D eigenvalue weighted by Gasteiger charge is -2.44. The molecular weight excluding hydrogens is 531 g/mol. The van der Waals surface area contributed by atoms with Crippen LogP contribution < -0.4 is 34.1 Å². The van der Waals surface area contributed by atoms with Gasteiger partial charge in [-0.3, -0.25) is 4.79 Å². The number of aliphatic carboxylic acids is 1. The Hall–Kier alpha value is -1.64. The van der Waals surface area contributed by atoms with Gasteiger partial charge in [0.15, 0.2) is 0 Å². The number of carbonyl (C=O) groups excluding carboxylic acids is 2. The van der Waals surface area contributed by atoms with E-state index in [0.717, 1.165) is 15.4 Å². The highest BCUT2D eigenvalue weighted by Crippen LogP contribution is 2.48. The van der Waals surface area contributed by atoms with Gasteiger partial charge in [0.1, 0.15) is 11.4 Å². The molecule has 4 rings (SSSR count). The molecule has 4 N–H and O–H groups in total. The van der Waals surface area contributed by atoms with Gasteiger partial charge in [-0.05, 0) is 26.5 Å². The van der Waals surface area contributed by atoms with Crippen molar-refractivity contribution in [2.75, 3.05) is 6.26 Å². The minimum absolute atomic E-state index is 0. The number of thioether (sulfide) groups is 1. The SMILES string of the molecule is CSc1c2sc(C3=C(C(=O)O)N4C(=O)[C@H]([C@@H](C)O)[C@H]4C3)c(C)[n+]2cn1C(N)=O.[I-]. The van der Waals surface area contributed by atoms with Crippen molar-refractivity contribution in [3.8, 4) is 0 Å². The molecule has 2 aliphatic rings. The molecule has 0 unspecified atom stereocenters. The molecule has 0 aromatic carbocycles. The highest BCUT2D eigenvalue weighted by molar-refractivity contribution is 7.98. The third-order valence-electron chi connectivity index (χ3n) is 5.38. The average molecular weight is 550 g/mol. The van der Waals surface area contributed by atoms with E-state index in [-0.39, 0.29) is 41.6 Å². The first-order valence-corrected chi connectivity index (χ1v) is 10.6. The Bertz CT molecular complexity index is 1090. The zero-order valence-electron chi connectivity index (χ0n) is 15.7. The molecule has 2 aromatic rings. The molecule has 0 radical (unpaired) electrons. The first-order valence-electron chi connectivity index (χ1n) is 8.56. The summed E-state index contributed by atoms with van der Waals surface area (Å²) in [5.41, 5.74) is 6.77. The quantitative estimate of drug-likeness (QED) is 0.169. The molecule has 0 saturated carbocycles. The van der Waals surface area contributed by atoms with E-state index in [1.54, 1.807) is 13.3 Å². The van der Waals surface area contributed by atoms with E-state index >= 15 is 0 Å². The lowest BCUT2D eigenvalue weighted by atomic mass is 9.83. The van der Waals surface area contributed by atoms with Crippen LogP contribution in [0.1, 0.15) is 23.9 Å². The van der Waals surface area contributed by atoms with E-state index in [1.165, 1.54) is 32.6 Å². The largest absolute Gasteiger partial charge is 1.00 e. The van der Waals surface area contributed by atoms with Gasteiger partial charge in [-0.1, -0.05) is 23.1 Å². The number of amides is 2. The number of aryl methyl sites for hydroxylation is 1. The molecule has 1 fully saturated rings. The number of aliphatic hydroxyl groups excluding tert-OH is 1. The predicted molar refractivity (Wildman–Crippen MR) is 102 cm³/mol. The highest BCUT2D eigenvalue weighted by Gasteiger charge is 2.57. The second-order valence-electron chi connectivity index (χ2n) is 6.90. The number of hydrogen-bond acceptors (Lipinski definition) is 6. The van der Waals surface area contributed by atoms with Crippen LogP contribution >= 0.6 is 23.1 Å². The standard InChI is InChI=1S/C17H18N4O5S2.HI/c1-6-12(28-15-14(27-3)20(17(18)26)5-19(6)15)8-4-9-10(7(2)22)13(23)21(9)11(8)16(24)25;/h5,7,9-10,22H,4H2,1-3H3,(H2-,18,24,25,26);1H/t7-,9-,10-;/m1./s1. The van der Waals surface area contributed by atoms with Crippen LogP contribution in [0.25, 0.3) is 10.4 Å². The highest BCUT2D eigenvalue weighted by atomic mass is 127. The molecule has 1 saturated heterocycles. The van der Waals surface area contributed by atoms with Crippen LogP contribution in [0.3, 0.4) is 0 Å². The first-order chi connectivity index (χ1) is 13.2. The number of β-lactam (4-membered cyclic amide) rings is 1. The van der Waals surface area contributed by atoms with Gasteiger partial charge in [0, 0.05) is 5.57 Å². The summed E-state index contributed by atoms with van der Waals surface area (Å²) < 4.78 is 3.17. The van der Waals surface area contributed by atoms with Crippen molar-refractivity contribution in [2.24, 2.45) is 11.7 Å². The molecule has 2 aromatic heterocycles. The molecule has 2 amide bonds. The van der Waals surface area contributed by atoms with E-state index in [9.17, 15) is 24.6 Å². The van der Waals surface area contributed by atoms with E-state index < -0.39 is 24.0 Å². The number of hydrogen-bond donors (Lipinski definition) is 3. The van der Waals surface area contributed by atoms with Crippen molar-refractivity contribution in [1.82, 2.24) is 9.47 Å². The van der Waals surface area contributed by atoms with E-state index in [1.807, 2.05) is 17.6 Å². The summed E-state index contributed by atoms with van der Waals surface area (Å²) in [7, 11) is 0. The first kappa shape index (κ1) is 22.1. The maximum Gasteiger partial charge on any atom is 0.411 e. The normalized spacial score (nSPS) is 21.8. The fraction of sp³-hybridized carbons (Fsp3) is 0.412. The van der Waals surface area contributed by atoms with Crippen LogP contribution in [-0.4, -0.2) is 56.0 Å². The zero-order valence-corrected chi connectivity index (χ0v) is 19.5. The lowest BCUT2D eigenvalue weighted by molar-refractivity contribution is -0.515. The lowest BCUT2D eigenvalue weighted by Crippen LogP contribution is -3.00. The Kier molecular flexibility index (Phi) is 5.75. The van der Waals surface area contributed by atoms with Crippen LogP contribution in [-0.2, 0) is 9.59 Å². The zero-order chi connectivity index (χ0) is 20.5. The second kappa shape index (κ2) is 7.56. The van der Waals surface area contributed by atoms with Crippen molar-refractivity contribution in [3.63, 3.8) is 0 Å². The third-order valence-corrected chi connectivity index (χ3v) is 7.61. The third kappa shape index (κ3) is 2.99. The topological polar surface area (TPSA) is 130 Å². The van der Waals surface area contributed by atoms with Gasteiger partial charge in [0.05, 0.1) is 22.9 Å². The number of aromatic nitrogens is 2. The number of rotatable bonds is 4. The van der Waals surface area contributed by atoms with Crippen LogP contribution in [0.4, 0.5) is 4.79 Å². The summed E-state index contributed by atoms with van der Waals surface area (Å²) >= 11 is 2.74. The number of nitrogens with zero attached hydrogens (tertiary/aromatic N) is 3. The summed E-state index contributed by atoms with van der Waals surface area (Å²) in [5, 5.41) is 20.3. The molecule has 0 bridgehead atoms. The van der Waals surface area contributed by atoms with Gasteiger partial charge in [-0.2, -0.15) is 4.40 Å². The van der Waals surface area contributed by atoms with Crippen LogP contribution in [0.2, 0.25) is 0 Å². The summed E-state index contributed by atoms with van der Waals surface area (Å²) in [6.07, 6.45) is 2.96. The minimum Gasteiger partial charge on any atom is -1.00 e. The number of primary amides is 1. The van der Waals surface area contributed by atoms with Gasteiger partial charge in [0.25, 0.3) is 6.33 Å². The Morgan fingerprint density at radius 3 is 2.62 bits per heavy atom. The molecule has 9 nitrogen and oxygen atoms in total. The van der Waals surface area contributed by atoms with Gasteiger partial charge in [0.2, 0.25) is 15.8 Å². The number of carbonyl (C=O) groups is 3. The van der Waals surface area contributed by atoms with Crippen LogP contribution in [0.5, 0.6) is 0 Å². The second-order valence-corrected chi connectivity index (χ2v) is 8.70. The Balaban J connectivity index is 0.00000240. The monoisotopic (exact) mass is 550 g/mol. The molecule has 12 heteroatoms. The number of aliphatic hydroxyl groups is 1. The molecule has 156 valence electrons. The Morgan fingerprint density at radius 2 is 2.10 bits per heavy atom. The fourth-order valence-corrected chi connectivity index (χ4v) is 6.33. The molecular formula is C17H19IN4O5S2. The summed E-state index contributed by atoms with van der Waals surface area (Å²) in [4.78, 5) is 38.9. The molecule has 0 aliphatic carbocycles. The Morgan fingerprint density at radius 1 is 1.45 bits per heavy atom. The van der Waals surface area contributed by atoms with Gasteiger partial charge in [-0.15, -0.1) is 4.57 Å². The number of fused-ring (bicyclic) bond motifs is 2. The Labute approximate surface area is 191 Å². The molecule has 4 heterocycles. The predicted octanol–water partition coefficient (Wildman–Crippen LogP) is -2.34. The molecule has 29 heavy (non-hydrogen) atoms. The smallest absolute Gasteiger partial charge is 0.411 e. The van der Waals surface area contributed by atoms with Crippen molar-refractivity contribution in [1.29, 1.82) is 0 Å². The van der Waals surface area contributed by atoms with E-state index in [2.05, 4.69) is 0 Å². The number of carboxylic acids is 1. The fourth-order valence-electron chi connectivity index (χ4n) is 4.13. The van der Waals surface area contributed by atoms with Gasteiger partial charge in [-0.25, -0.2) is 9.59 Å². The number of thiazole rings is 1. The van der Waals surface area contributed by atoms with Crippen molar-refractivity contribution in [2.45, 2.75) is 37.4 Å². The van der Waals surface area contributed by atoms with Gasteiger partial charge < -0.3 is 44.8 Å². The average Bonchev–Trinajstić information content (AvgIpc) is 3.23. The van der Waals surface area contributed by atoms with Gasteiger partial charge >= 0.3 is 12.0 Å². The number of nitrogens with two attached hydrogens (primary N) is 1. The maximum atomic E-state index is 12.4. The molecule has 2 aliphatic heterocycles. The molecule has 3 atom stereocenters. The van der Waals surface area contributed by atoms with Crippen molar-refractivity contribution < 1.29 is 53.0 Å². The van der Waals surface area contributed by atoms with E-state index in [4.69, 9.17) is 5.73 Å². The number of carboxylic acid groups (broad SMARTS) is 1. The van der Waals surface area contributed by atoms with Crippen molar-refractivity contribution >= 4 is 51.4 Å².